The van der Waals surface area contributed by atoms with Crippen LogP contribution in [0.25, 0.3) is 0 Å². The highest BCUT2D eigenvalue weighted by atomic mass is 79.9. The quantitative estimate of drug-likeness (QED) is 0.785. The molecule has 1 amide bonds. The molecule has 0 heterocycles. The first-order valence-corrected chi connectivity index (χ1v) is 8.64. The third kappa shape index (κ3) is 5.74. The van der Waals surface area contributed by atoms with E-state index in [1.807, 2.05) is 20.8 Å². The van der Waals surface area contributed by atoms with Crippen molar-refractivity contribution in [1.29, 1.82) is 0 Å². The van der Waals surface area contributed by atoms with Crippen LogP contribution in [0.15, 0.2) is 27.6 Å². The molecule has 0 bridgehead atoms. The number of carbonyl (C=O) groups is 1. The van der Waals surface area contributed by atoms with Gasteiger partial charge < -0.3 is 10.1 Å². The molecule has 1 aromatic rings. The average molecular weight is 379 g/mol. The summed E-state index contributed by atoms with van der Waals surface area (Å²) in [6.45, 7) is 6.42. The zero-order valence-corrected chi connectivity index (χ0v) is 14.5. The van der Waals surface area contributed by atoms with Crippen LogP contribution in [0.1, 0.15) is 31.1 Å². The fourth-order valence-electron chi connectivity index (χ4n) is 1.70. The Hall–Kier alpha value is -0.960. The average Bonchev–Trinajstić information content (AvgIpc) is 2.34. The van der Waals surface area contributed by atoms with Gasteiger partial charge >= 0.3 is 0 Å². The van der Waals surface area contributed by atoms with Crippen LogP contribution in [0.4, 0.5) is 0 Å². The van der Waals surface area contributed by atoms with E-state index in [-0.39, 0.29) is 10.5 Å². The molecule has 8 heteroatoms. The van der Waals surface area contributed by atoms with Gasteiger partial charge in [0.1, 0.15) is 0 Å². The molecule has 0 aromatic heterocycles. The van der Waals surface area contributed by atoms with Crippen molar-refractivity contribution in [3.8, 4) is 0 Å². The fourth-order valence-corrected chi connectivity index (χ4v) is 2.92. The molecule has 0 atom stereocenters. The SMILES string of the molecule is CCOC(C)(C)CNC(=O)c1cc(Br)cc(S(N)(=O)=O)c1. The van der Waals surface area contributed by atoms with Crippen LogP contribution in [0, 0.1) is 0 Å². The van der Waals surface area contributed by atoms with E-state index in [9.17, 15) is 13.2 Å². The number of benzene rings is 1. The Kier molecular flexibility index (Phi) is 5.92. The molecule has 0 aliphatic heterocycles. The van der Waals surface area contributed by atoms with Crippen molar-refractivity contribution < 1.29 is 17.9 Å². The van der Waals surface area contributed by atoms with Gasteiger partial charge in [-0.25, -0.2) is 13.6 Å². The van der Waals surface area contributed by atoms with Gasteiger partial charge in [0.2, 0.25) is 10.0 Å². The molecule has 0 radical (unpaired) electrons. The van der Waals surface area contributed by atoms with Crippen molar-refractivity contribution in [2.24, 2.45) is 5.14 Å². The van der Waals surface area contributed by atoms with Gasteiger partial charge in [0.05, 0.1) is 10.5 Å². The molecule has 0 spiro atoms. The Morgan fingerprint density at radius 1 is 1.38 bits per heavy atom. The van der Waals surface area contributed by atoms with Crippen LogP contribution >= 0.6 is 15.9 Å². The molecule has 0 saturated heterocycles. The zero-order valence-electron chi connectivity index (χ0n) is 12.1. The van der Waals surface area contributed by atoms with Crippen molar-refractivity contribution in [2.45, 2.75) is 31.3 Å². The summed E-state index contributed by atoms with van der Waals surface area (Å²) in [5.74, 6) is -0.394. The smallest absolute Gasteiger partial charge is 0.251 e. The van der Waals surface area contributed by atoms with Gasteiger partial charge in [-0.3, -0.25) is 4.79 Å². The molecule has 118 valence electrons. The molecule has 0 fully saturated rings. The molecule has 21 heavy (non-hydrogen) atoms. The maximum absolute atomic E-state index is 12.1. The lowest BCUT2D eigenvalue weighted by Crippen LogP contribution is -2.40. The van der Waals surface area contributed by atoms with Gasteiger partial charge in [-0.05, 0) is 39.0 Å². The Labute approximate surface area is 133 Å². The summed E-state index contributed by atoms with van der Waals surface area (Å²) < 4.78 is 28.7. The lowest BCUT2D eigenvalue weighted by Gasteiger charge is -2.24. The van der Waals surface area contributed by atoms with E-state index in [0.717, 1.165) is 0 Å². The van der Waals surface area contributed by atoms with Gasteiger partial charge in [-0.1, -0.05) is 15.9 Å². The molecule has 0 aliphatic rings. The zero-order chi connectivity index (χ0) is 16.3. The van der Waals surface area contributed by atoms with Crippen molar-refractivity contribution in [1.82, 2.24) is 5.32 Å². The van der Waals surface area contributed by atoms with E-state index >= 15 is 0 Å². The van der Waals surface area contributed by atoms with Gasteiger partial charge in [-0.2, -0.15) is 0 Å². The van der Waals surface area contributed by atoms with Crippen LogP contribution in [0.3, 0.4) is 0 Å². The summed E-state index contributed by atoms with van der Waals surface area (Å²) in [5.41, 5.74) is -0.292. The Morgan fingerprint density at radius 2 is 2.00 bits per heavy atom. The Bertz CT molecular complexity index is 629. The van der Waals surface area contributed by atoms with Gasteiger partial charge in [0, 0.05) is 23.2 Å². The number of primary sulfonamides is 1. The molecule has 6 nitrogen and oxygen atoms in total. The second-order valence-electron chi connectivity index (χ2n) is 5.10. The number of nitrogens with two attached hydrogens (primary N) is 1. The molecule has 0 aliphatic carbocycles. The van der Waals surface area contributed by atoms with Gasteiger partial charge in [0.15, 0.2) is 0 Å². The normalized spacial score (nSPS) is 12.2. The van der Waals surface area contributed by atoms with Crippen LogP contribution in [-0.2, 0) is 14.8 Å². The predicted molar refractivity (Wildman–Crippen MR) is 83.6 cm³/mol. The van der Waals surface area contributed by atoms with Crippen molar-refractivity contribution in [2.75, 3.05) is 13.2 Å². The van der Waals surface area contributed by atoms with Crippen molar-refractivity contribution in [3.63, 3.8) is 0 Å². The molecular weight excluding hydrogens is 360 g/mol. The summed E-state index contributed by atoms with van der Waals surface area (Å²) >= 11 is 3.16. The monoisotopic (exact) mass is 378 g/mol. The minimum Gasteiger partial charge on any atom is -0.374 e. The summed E-state index contributed by atoms with van der Waals surface area (Å²) in [6, 6.07) is 4.11. The number of hydrogen-bond acceptors (Lipinski definition) is 4. The molecule has 0 unspecified atom stereocenters. The predicted octanol–water partition coefficient (Wildman–Crippen LogP) is 1.64. The van der Waals surface area contributed by atoms with Crippen LogP contribution < -0.4 is 10.5 Å². The number of amides is 1. The maximum atomic E-state index is 12.1. The highest BCUT2D eigenvalue weighted by molar-refractivity contribution is 9.10. The lowest BCUT2D eigenvalue weighted by atomic mass is 10.1. The highest BCUT2D eigenvalue weighted by Crippen LogP contribution is 2.19. The number of halogens is 1. The highest BCUT2D eigenvalue weighted by Gasteiger charge is 2.20. The lowest BCUT2D eigenvalue weighted by molar-refractivity contribution is -0.00815. The standard InChI is InChI=1S/C13H19BrN2O4S/c1-4-20-13(2,3)8-16-12(17)9-5-10(14)7-11(6-9)21(15,18)19/h5-7H,4,8H2,1-3H3,(H,16,17)(H2,15,18,19). The first-order valence-electron chi connectivity index (χ1n) is 6.31. The number of rotatable bonds is 6. The van der Waals surface area contributed by atoms with Crippen molar-refractivity contribution in [3.05, 3.63) is 28.2 Å². The summed E-state index contributed by atoms with van der Waals surface area (Å²) in [5, 5.41) is 7.79. The van der Waals surface area contributed by atoms with E-state index < -0.39 is 21.5 Å². The number of nitrogens with one attached hydrogen (secondary N) is 1. The van der Waals surface area contributed by atoms with E-state index in [4.69, 9.17) is 9.88 Å². The minimum atomic E-state index is -3.87. The van der Waals surface area contributed by atoms with E-state index in [0.29, 0.717) is 17.6 Å². The third-order valence-corrected chi connectivity index (χ3v) is 4.02. The van der Waals surface area contributed by atoms with Crippen molar-refractivity contribution >= 4 is 31.9 Å². The summed E-state index contributed by atoms with van der Waals surface area (Å²) in [7, 11) is -3.87. The van der Waals surface area contributed by atoms with E-state index in [2.05, 4.69) is 21.2 Å². The van der Waals surface area contributed by atoms with Gasteiger partial charge in [0.25, 0.3) is 5.91 Å². The van der Waals surface area contributed by atoms with Crippen LogP contribution in [0.2, 0.25) is 0 Å². The van der Waals surface area contributed by atoms with E-state index in [1.54, 1.807) is 0 Å². The number of hydrogen-bond donors (Lipinski definition) is 2. The Morgan fingerprint density at radius 3 is 2.52 bits per heavy atom. The second kappa shape index (κ2) is 6.87. The molecular formula is C13H19BrN2O4S. The number of sulfonamides is 1. The third-order valence-electron chi connectivity index (χ3n) is 2.67. The molecule has 0 saturated carbocycles. The largest absolute Gasteiger partial charge is 0.374 e. The second-order valence-corrected chi connectivity index (χ2v) is 7.57. The maximum Gasteiger partial charge on any atom is 0.251 e. The van der Waals surface area contributed by atoms with E-state index in [1.165, 1.54) is 18.2 Å². The molecule has 1 aromatic carbocycles. The van der Waals surface area contributed by atoms with Crippen LogP contribution in [0.5, 0.6) is 0 Å². The van der Waals surface area contributed by atoms with Crippen LogP contribution in [-0.4, -0.2) is 33.1 Å². The first kappa shape index (κ1) is 18.1. The topological polar surface area (TPSA) is 98.5 Å². The number of ether oxygens (including phenoxy) is 1. The fraction of sp³-hybridized carbons (Fsp3) is 0.462. The minimum absolute atomic E-state index is 0.119. The first-order chi connectivity index (χ1) is 9.55. The summed E-state index contributed by atoms with van der Waals surface area (Å²) in [6.07, 6.45) is 0. The number of carbonyl (C=O) groups excluding carboxylic acids is 1. The van der Waals surface area contributed by atoms with Gasteiger partial charge in [-0.15, -0.1) is 0 Å². The summed E-state index contributed by atoms with van der Waals surface area (Å²) in [4.78, 5) is 12.0. The molecule has 1 rings (SSSR count). The Balaban J connectivity index is 2.91. The molecule has 3 N–H and O–H groups in total.